The van der Waals surface area contributed by atoms with Gasteiger partial charge in [-0.2, -0.15) is 0 Å². The predicted octanol–water partition coefficient (Wildman–Crippen LogP) is 2.77. The van der Waals surface area contributed by atoms with Gasteiger partial charge >= 0.3 is 0 Å². The number of rotatable bonds is 5. The molecule has 3 atom stereocenters. The van der Waals surface area contributed by atoms with Crippen LogP contribution in [0.1, 0.15) is 24.9 Å². The fourth-order valence-corrected chi connectivity index (χ4v) is 3.38. The zero-order valence-electron chi connectivity index (χ0n) is 14.2. The van der Waals surface area contributed by atoms with Gasteiger partial charge in [-0.15, -0.1) is 0 Å². The number of halogens is 1. The van der Waals surface area contributed by atoms with Gasteiger partial charge in [0, 0.05) is 31.4 Å². The van der Waals surface area contributed by atoms with Gasteiger partial charge in [-0.05, 0) is 24.1 Å². The highest BCUT2D eigenvalue weighted by atomic mass is 35.5. The molecule has 1 aliphatic rings. The molecule has 3 unspecified atom stereocenters. The average molecular weight is 359 g/mol. The average Bonchev–Trinajstić information content (AvgIpc) is 3.09. The Morgan fingerprint density at radius 2 is 2.08 bits per heavy atom. The molecule has 132 valence electrons. The van der Waals surface area contributed by atoms with Crippen LogP contribution in [0.2, 0.25) is 5.02 Å². The Kier molecular flexibility index (Phi) is 5.56. The van der Waals surface area contributed by atoms with Gasteiger partial charge < -0.3 is 16.0 Å². The topological polar surface area (TPSA) is 71.2 Å². The lowest BCUT2D eigenvalue weighted by atomic mass is 9.94. The third kappa shape index (κ3) is 4.11. The van der Waals surface area contributed by atoms with E-state index in [0.717, 1.165) is 24.3 Å². The maximum absolute atomic E-state index is 12.6. The molecule has 1 fully saturated rings. The lowest BCUT2D eigenvalue weighted by Gasteiger charge is -2.23. The van der Waals surface area contributed by atoms with Crippen LogP contribution in [0.15, 0.2) is 48.7 Å². The molecule has 3 rings (SSSR count). The number of carbonyl (C=O) groups is 1. The largest absolute Gasteiger partial charge is 0.353 e. The van der Waals surface area contributed by atoms with Crippen molar-refractivity contribution in [3.63, 3.8) is 0 Å². The Morgan fingerprint density at radius 3 is 2.80 bits per heavy atom. The summed E-state index contributed by atoms with van der Waals surface area (Å²) in [7, 11) is 0. The highest BCUT2D eigenvalue weighted by Gasteiger charge is 2.29. The zero-order valence-corrected chi connectivity index (χ0v) is 15.0. The summed E-state index contributed by atoms with van der Waals surface area (Å²) in [6, 6.07) is 13.1. The number of aromatic nitrogens is 1. The van der Waals surface area contributed by atoms with Gasteiger partial charge in [0.05, 0.1) is 10.9 Å². The number of nitrogens with two attached hydrogens (primary N) is 1. The second-order valence-electron chi connectivity index (χ2n) is 6.47. The summed E-state index contributed by atoms with van der Waals surface area (Å²) in [6.07, 6.45) is 2.60. The molecule has 2 aromatic rings. The van der Waals surface area contributed by atoms with Crippen LogP contribution >= 0.6 is 11.6 Å². The van der Waals surface area contributed by atoms with Crippen molar-refractivity contribution in [3.05, 3.63) is 59.2 Å². The van der Waals surface area contributed by atoms with E-state index in [1.54, 1.807) is 6.20 Å². The number of nitrogens with zero attached hydrogens (tertiary/aromatic N) is 2. The van der Waals surface area contributed by atoms with Crippen molar-refractivity contribution in [1.82, 2.24) is 10.3 Å². The van der Waals surface area contributed by atoms with Gasteiger partial charge in [0.1, 0.15) is 5.82 Å². The highest BCUT2D eigenvalue weighted by molar-refractivity contribution is 6.32. The van der Waals surface area contributed by atoms with Crippen LogP contribution in [0, 0.1) is 5.92 Å². The van der Waals surface area contributed by atoms with Crippen LogP contribution < -0.4 is 16.0 Å². The van der Waals surface area contributed by atoms with E-state index < -0.39 is 0 Å². The lowest BCUT2D eigenvalue weighted by Crippen LogP contribution is -2.42. The van der Waals surface area contributed by atoms with E-state index in [1.807, 2.05) is 49.4 Å². The second kappa shape index (κ2) is 7.85. The van der Waals surface area contributed by atoms with Gasteiger partial charge in [-0.25, -0.2) is 4.98 Å². The minimum Gasteiger partial charge on any atom is -0.353 e. The quantitative estimate of drug-likeness (QED) is 0.862. The fourth-order valence-electron chi connectivity index (χ4n) is 3.14. The molecule has 1 aromatic carbocycles. The maximum Gasteiger partial charge on any atom is 0.225 e. The minimum absolute atomic E-state index is 0.0182. The number of benzene rings is 1. The summed E-state index contributed by atoms with van der Waals surface area (Å²) < 4.78 is 0. The van der Waals surface area contributed by atoms with Gasteiger partial charge in [0.2, 0.25) is 5.91 Å². The Hall–Kier alpha value is -2.11. The summed E-state index contributed by atoms with van der Waals surface area (Å²) in [6.45, 7) is 3.39. The van der Waals surface area contributed by atoms with E-state index in [-0.39, 0.29) is 23.9 Å². The Morgan fingerprint density at radius 1 is 1.32 bits per heavy atom. The molecule has 0 radical (unpaired) electrons. The van der Waals surface area contributed by atoms with Crippen LogP contribution in [0.5, 0.6) is 0 Å². The van der Waals surface area contributed by atoms with Gasteiger partial charge in [-0.3, -0.25) is 4.79 Å². The van der Waals surface area contributed by atoms with Gasteiger partial charge in [0.15, 0.2) is 0 Å². The molecule has 0 spiro atoms. The highest BCUT2D eigenvalue weighted by Crippen LogP contribution is 2.26. The van der Waals surface area contributed by atoms with Crippen molar-refractivity contribution in [2.45, 2.75) is 25.4 Å². The third-order valence-electron chi connectivity index (χ3n) is 4.71. The van der Waals surface area contributed by atoms with E-state index in [2.05, 4.69) is 15.2 Å². The SMILES string of the molecule is CC(C(=O)NC1CCN(c2ncccc2Cl)C1)C(N)c1ccccc1. The van der Waals surface area contributed by atoms with Gasteiger partial charge in [-0.1, -0.05) is 48.9 Å². The van der Waals surface area contributed by atoms with E-state index in [4.69, 9.17) is 17.3 Å². The first-order chi connectivity index (χ1) is 12.1. The van der Waals surface area contributed by atoms with Crippen molar-refractivity contribution >= 4 is 23.3 Å². The van der Waals surface area contributed by atoms with Crippen LogP contribution in [0.4, 0.5) is 5.82 Å². The smallest absolute Gasteiger partial charge is 0.225 e. The maximum atomic E-state index is 12.6. The molecular formula is C19H23ClN4O. The number of amides is 1. The molecule has 1 amide bonds. The molecule has 6 heteroatoms. The van der Waals surface area contributed by atoms with E-state index in [1.165, 1.54) is 0 Å². The molecule has 3 N–H and O–H groups in total. The first kappa shape index (κ1) is 17.7. The van der Waals surface area contributed by atoms with Crippen molar-refractivity contribution in [1.29, 1.82) is 0 Å². The molecular weight excluding hydrogens is 336 g/mol. The Bertz CT molecular complexity index is 724. The molecule has 2 heterocycles. The summed E-state index contributed by atoms with van der Waals surface area (Å²) in [5.41, 5.74) is 7.22. The lowest BCUT2D eigenvalue weighted by molar-refractivity contribution is -0.125. The fraction of sp³-hybridized carbons (Fsp3) is 0.368. The summed E-state index contributed by atoms with van der Waals surface area (Å²) in [5, 5.41) is 3.75. The normalized spacial score (nSPS) is 19.5. The van der Waals surface area contributed by atoms with Crippen LogP contribution in [-0.2, 0) is 4.79 Å². The standard InChI is InChI=1S/C19H23ClN4O/c1-13(17(21)14-6-3-2-4-7-14)19(25)23-15-9-11-24(12-15)18-16(20)8-5-10-22-18/h2-8,10,13,15,17H,9,11-12,21H2,1H3,(H,23,25). The van der Waals surface area contributed by atoms with Crippen LogP contribution in [0.3, 0.4) is 0 Å². The van der Waals surface area contributed by atoms with Crippen molar-refractivity contribution in [2.75, 3.05) is 18.0 Å². The summed E-state index contributed by atoms with van der Waals surface area (Å²) in [4.78, 5) is 19.0. The molecule has 1 saturated heterocycles. The molecule has 25 heavy (non-hydrogen) atoms. The molecule has 5 nitrogen and oxygen atoms in total. The minimum atomic E-state index is -0.316. The van der Waals surface area contributed by atoms with Crippen molar-refractivity contribution in [2.24, 2.45) is 11.7 Å². The van der Waals surface area contributed by atoms with Crippen LogP contribution in [-0.4, -0.2) is 30.0 Å². The monoisotopic (exact) mass is 358 g/mol. The van der Waals surface area contributed by atoms with E-state index in [0.29, 0.717) is 11.6 Å². The molecule has 0 saturated carbocycles. The third-order valence-corrected chi connectivity index (χ3v) is 5.00. The van der Waals surface area contributed by atoms with E-state index in [9.17, 15) is 4.79 Å². The zero-order chi connectivity index (χ0) is 17.8. The number of nitrogens with one attached hydrogen (secondary N) is 1. The van der Waals surface area contributed by atoms with Crippen molar-refractivity contribution < 1.29 is 4.79 Å². The Balaban J connectivity index is 1.58. The summed E-state index contributed by atoms with van der Waals surface area (Å²) >= 11 is 6.21. The van der Waals surface area contributed by atoms with Gasteiger partial charge in [0.25, 0.3) is 0 Å². The number of hydrogen-bond donors (Lipinski definition) is 2. The number of carbonyl (C=O) groups excluding carboxylic acids is 1. The number of hydrogen-bond acceptors (Lipinski definition) is 4. The second-order valence-corrected chi connectivity index (χ2v) is 6.88. The predicted molar refractivity (Wildman–Crippen MR) is 101 cm³/mol. The number of pyridine rings is 1. The molecule has 0 bridgehead atoms. The molecule has 0 aliphatic carbocycles. The Labute approximate surface area is 153 Å². The first-order valence-corrected chi connectivity index (χ1v) is 8.90. The van der Waals surface area contributed by atoms with Crippen LogP contribution in [0.25, 0.3) is 0 Å². The first-order valence-electron chi connectivity index (χ1n) is 8.52. The van der Waals surface area contributed by atoms with Crippen molar-refractivity contribution in [3.8, 4) is 0 Å². The number of anilines is 1. The summed E-state index contributed by atoms with van der Waals surface area (Å²) in [5.74, 6) is 0.458. The molecule has 1 aromatic heterocycles. The van der Waals surface area contributed by atoms with E-state index >= 15 is 0 Å². The molecule has 1 aliphatic heterocycles.